The lowest BCUT2D eigenvalue weighted by molar-refractivity contribution is 0.253. The second-order valence-electron chi connectivity index (χ2n) is 4.30. The standard InChI is InChI=1S/C15H22N2O2/c1-4-6-10-19-13-7-8-14(12(3)11-13)17-15(18)16-9-5-2/h5,7-8,11H,2,4,6,9-10H2,1,3H3,(H2,16,17,18). The molecule has 1 rings (SSSR count). The maximum atomic E-state index is 11.5. The van der Waals surface area contributed by atoms with E-state index in [1.807, 2.05) is 25.1 Å². The number of benzene rings is 1. The number of ether oxygens (including phenoxy) is 1. The summed E-state index contributed by atoms with van der Waals surface area (Å²) in [6.45, 7) is 8.79. The molecular weight excluding hydrogens is 240 g/mol. The van der Waals surface area contributed by atoms with Gasteiger partial charge in [-0.1, -0.05) is 19.4 Å². The van der Waals surface area contributed by atoms with Gasteiger partial charge in [-0.05, 0) is 37.1 Å². The van der Waals surface area contributed by atoms with E-state index in [2.05, 4.69) is 24.1 Å². The Morgan fingerprint density at radius 3 is 2.89 bits per heavy atom. The van der Waals surface area contributed by atoms with Gasteiger partial charge in [0.15, 0.2) is 0 Å². The number of urea groups is 1. The molecule has 19 heavy (non-hydrogen) atoms. The topological polar surface area (TPSA) is 50.4 Å². The number of rotatable bonds is 7. The minimum absolute atomic E-state index is 0.234. The van der Waals surface area contributed by atoms with Crippen LogP contribution in [-0.2, 0) is 0 Å². The summed E-state index contributed by atoms with van der Waals surface area (Å²) in [5, 5.41) is 5.45. The summed E-state index contributed by atoms with van der Waals surface area (Å²) < 4.78 is 5.61. The third kappa shape index (κ3) is 5.46. The molecule has 0 saturated carbocycles. The molecule has 0 heterocycles. The van der Waals surface area contributed by atoms with E-state index in [4.69, 9.17) is 4.74 Å². The van der Waals surface area contributed by atoms with Crippen molar-refractivity contribution >= 4 is 11.7 Å². The van der Waals surface area contributed by atoms with Crippen LogP contribution >= 0.6 is 0 Å². The van der Waals surface area contributed by atoms with E-state index in [1.54, 1.807) is 6.08 Å². The fourth-order valence-electron chi connectivity index (χ4n) is 1.53. The highest BCUT2D eigenvalue weighted by Crippen LogP contribution is 2.21. The van der Waals surface area contributed by atoms with Gasteiger partial charge in [0.2, 0.25) is 0 Å². The lowest BCUT2D eigenvalue weighted by Crippen LogP contribution is -2.28. The molecule has 2 N–H and O–H groups in total. The number of carbonyl (C=O) groups excluding carboxylic acids is 1. The summed E-state index contributed by atoms with van der Waals surface area (Å²) in [5.41, 5.74) is 1.76. The quantitative estimate of drug-likeness (QED) is 0.584. The first-order valence-electron chi connectivity index (χ1n) is 6.56. The number of anilines is 1. The van der Waals surface area contributed by atoms with Crippen LogP contribution in [0.15, 0.2) is 30.9 Å². The average Bonchev–Trinajstić information content (AvgIpc) is 2.40. The van der Waals surface area contributed by atoms with Crippen LogP contribution < -0.4 is 15.4 Å². The third-order valence-corrected chi connectivity index (χ3v) is 2.62. The Hall–Kier alpha value is -1.97. The molecule has 0 bridgehead atoms. The molecule has 1 aromatic rings. The van der Waals surface area contributed by atoms with Crippen molar-refractivity contribution in [1.29, 1.82) is 0 Å². The molecule has 0 unspecified atom stereocenters. The molecule has 0 aromatic heterocycles. The van der Waals surface area contributed by atoms with Gasteiger partial charge in [0.25, 0.3) is 0 Å². The molecule has 1 aromatic carbocycles. The Bertz CT molecular complexity index is 430. The van der Waals surface area contributed by atoms with Crippen molar-refractivity contribution < 1.29 is 9.53 Å². The van der Waals surface area contributed by atoms with Crippen LogP contribution in [0.4, 0.5) is 10.5 Å². The molecule has 4 heteroatoms. The smallest absolute Gasteiger partial charge is 0.319 e. The highest BCUT2D eigenvalue weighted by Gasteiger charge is 2.04. The highest BCUT2D eigenvalue weighted by molar-refractivity contribution is 5.90. The predicted molar refractivity (Wildman–Crippen MR) is 78.8 cm³/mol. The molecule has 2 amide bonds. The van der Waals surface area contributed by atoms with Gasteiger partial charge in [0, 0.05) is 12.2 Å². The number of hydrogen-bond acceptors (Lipinski definition) is 2. The lowest BCUT2D eigenvalue weighted by atomic mass is 10.2. The summed E-state index contributed by atoms with van der Waals surface area (Å²) in [4.78, 5) is 11.5. The van der Waals surface area contributed by atoms with Gasteiger partial charge < -0.3 is 15.4 Å². The van der Waals surface area contributed by atoms with Gasteiger partial charge in [-0.3, -0.25) is 0 Å². The SMILES string of the molecule is C=CCNC(=O)Nc1ccc(OCCCC)cc1C. The Morgan fingerprint density at radius 2 is 2.26 bits per heavy atom. The van der Waals surface area contributed by atoms with E-state index in [9.17, 15) is 4.79 Å². The fourth-order valence-corrected chi connectivity index (χ4v) is 1.53. The number of aryl methyl sites for hydroxylation is 1. The number of carbonyl (C=O) groups is 1. The largest absolute Gasteiger partial charge is 0.494 e. The number of nitrogens with one attached hydrogen (secondary N) is 2. The Balaban J connectivity index is 2.56. The lowest BCUT2D eigenvalue weighted by Gasteiger charge is -2.11. The van der Waals surface area contributed by atoms with Crippen molar-refractivity contribution in [3.8, 4) is 5.75 Å². The first-order valence-corrected chi connectivity index (χ1v) is 6.56. The molecule has 0 aliphatic heterocycles. The van der Waals surface area contributed by atoms with Gasteiger partial charge in [0.05, 0.1) is 6.61 Å². The van der Waals surface area contributed by atoms with E-state index in [1.165, 1.54) is 0 Å². The maximum absolute atomic E-state index is 11.5. The second kappa shape index (κ2) is 8.19. The number of hydrogen-bond donors (Lipinski definition) is 2. The van der Waals surface area contributed by atoms with E-state index in [-0.39, 0.29) is 6.03 Å². The normalized spacial score (nSPS) is 9.79. The first kappa shape index (κ1) is 15.1. The van der Waals surface area contributed by atoms with Crippen molar-refractivity contribution in [1.82, 2.24) is 5.32 Å². The molecule has 0 radical (unpaired) electrons. The molecule has 0 aliphatic rings. The van der Waals surface area contributed by atoms with Crippen molar-refractivity contribution in [3.63, 3.8) is 0 Å². The number of amides is 2. The number of unbranched alkanes of at least 4 members (excludes halogenated alkanes) is 1. The van der Waals surface area contributed by atoms with Crippen molar-refractivity contribution in [3.05, 3.63) is 36.4 Å². The molecule has 4 nitrogen and oxygen atoms in total. The van der Waals surface area contributed by atoms with Gasteiger partial charge in [-0.2, -0.15) is 0 Å². The molecule has 0 atom stereocenters. The molecule has 104 valence electrons. The van der Waals surface area contributed by atoms with Crippen LogP contribution in [0, 0.1) is 6.92 Å². The molecule has 0 saturated heterocycles. The molecule has 0 spiro atoms. The van der Waals surface area contributed by atoms with Crippen LogP contribution in [0.3, 0.4) is 0 Å². The van der Waals surface area contributed by atoms with Crippen LogP contribution in [0.25, 0.3) is 0 Å². The molecular formula is C15H22N2O2. The summed E-state index contributed by atoms with van der Waals surface area (Å²) in [6.07, 6.45) is 3.79. The minimum Gasteiger partial charge on any atom is -0.494 e. The average molecular weight is 262 g/mol. The van der Waals surface area contributed by atoms with E-state index in [0.717, 1.165) is 36.4 Å². The van der Waals surface area contributed by atoms with Crippen LogP contribution in [0.5, 0.6) is 5.75 Å². The predicted octanol–water partition coefficient (Wildman–Crippen LogP) is 3.48. The Labute approximate surface area is 114 Å². The zero-order valence-electron chi connectivity index (χ0n) is 11.7. The van der Waals surface area contributed by atoms with Gasteiger partial charge in [-0.15, -0.1) is 6.58 Å². The summed E-state index contributed by atoms with van der Waals surface area (Å²) in [6, 6.07) is 5.41. The monoisotopic (exact) mass is 262 g/mol. The summed E-state index contributed by atoms with van der Waals surface area (Å²) >= 11 is 0. The zero-order valence-corrected chi connectivity index (χ0v) is 11.7. The molecule has 0 aliphatic carbocycles. The highest BCUT2D eigenvalue weighted by atomic mass is 16.5. The van der Waals surface area contributed by atoms with Crippen LogP contribution in [0.1, 0.15) is 25.3 Å². The summed E-state index contributed by atoms with van der Waals surface area (Å²) in [7, 11) is 0. The van der Waals surface area contributed by atoms with Gasteiger partial charge >= 0.3 is 6.03 Å². The van der Waals surface area contributed by atoms with Crippen molar-refractivity contribution in [2.75, 3.05) is 18.5 Å². The zero-order chi connectivity index (χ0) is 14.1. The van der Waals surface area contributed by atoms with E-state index < -0.39 is 0 Å². The van der Waals surface area contributed by atoms with E-state index in [0.29, 0.717) is 6.54 Å². The van der Waals surface area contributed by atoms with Gasteiger partial charge in [0.1, 0.15) is 5.75 Å². The molecule has 0 fully saturated rings. The van der Waals surface area contributed by atoms with Crippen LogP contribution in [0.2, 0.25) is 0 Å². The summed E-state index contributed by atoms with van der Waals surface area (Å²) in [5.74, 6) is 0.836. The first-order chi connectivity index (χ1) is 9.17. The van der Waals surface area contributed by atoms with Gasteiger partial charge in [-0.25, -0.2) is 4.79 Å². The minimum atomic E-state index is -0.234. The fraction of sp³-hybridized carbons (Fsp3) is 0.400. The van der Waals surface area contributed by atoms with Crippen molar-refractivity contribution in [2.24, 2.45) is 0 Å². The maximum Gasteiger partial charge on any atom is 0.319 e. The Kier molecular flexibility index (Phi) is 6.50. The second-order valence-corrected chi connectivity index (χ2v) is 4.30. The van der Waals surface area contributed by atoms with E-state index >= 15 is 0 Å². The van der Waals surface area contributed by atoms with Crippen molar-refractivity contribution in [2.45, 2.75) is 26.7 Å². The third-order valence-electron chi connectivity index (χ3n) is 2.62. The van der Waals surface area contributed by atoms with Crippen LogP contribution in [-0.4, -0.2) is 19.2 Å². The Morgan fingerprint density at radius 1 is 1.47 bits per heavy atom.